The number of hydrogen-bond acceptors (Lipinski definition) is 4. The number of benzene rings is 1. The van der Waals surface area contributed by atoms with Gasteiger partial charge in [0.05, 0.1) is 11.0 Å². The van der Waals surface area contributed by atoms with E-state index in [2.05, 4.69) is 5.32 Å². The van der Waals surface area contributed by atoms with E-state index in [1.807, 2.05) is 0 Å². The summed E-state index contributed by atoms with van der Waals surface area (Å²) < 4.78 is 58.1. The Balaban J connectivity index is 1.55. The van der Waals surface area contributed by atoms with Crippen LogP contribution in [0.5, 0.6) is 0 Å². The third-order valence-corrected chi connectivity index (χ3v) is 6.78. The molecule has 2 aliphatic rings. The molecule has 0 radical (unpaired) electrons. The molecule has 3 rings (SSSR count). The molecule has 1 amide bonds. The molecule has 0 aromatic heterocycles. The maximum atomic E-state index is 13.3. The number of nitrogens with zero attached hydrogens (tertiary/aromatic N) is 1. The zero-order valence-corrected chi connectivity index (χ0v) is 15.1. The van der Waals surface area contributed by atoms with E-state index in [9.17, 15) is 22.0 Å². The molecule has 1 aromatic rings. The molecule has 2 saturated heterocycles. The van der Waals surface area contributed by atoms with Gasteiger partial charge in [0.2, 0.25) is 15.9 Å². The average molecular weight is 388 g/mol. The van der Waals surface area contributed by atoms with Gasteiger partial charge in [-0.15, -0.1) is 0 Å². The van der Waals surface area contributed by atoms with E-state index in [-0.39, 0.29) is 35.9 Å². The lowest BCUT2D eigenvalue weighted by atomic mass is 9.97. The number of nitrogens with one attached hydrogen (secondary N) is 1. The van der Waals surface area contributed by atoms with Crippen LogP contribution in [0.4, 0.5) is 8.78 Å². The van der Waals surface area contributed by atoms with Crippen LogP contribution in [0.25, 0.3) is 0 Å². The molecule has 26 heavy (non-hydrogen) atoms. The van der Waals surface area contributed by atoms with Crippen molar-refractivity contribution in [2.75, 3.05) is 26.2 Å². The molecule has 2 fully saturated rings. The van der Waals surface area contributed by atoms with Crippen molar-refractivity contribution in [2.45, 2.75) is 36.7 Å². The molecule has 0 bridgehead atoms. The summed E-state index contributed by atoms with van der Waals surface area (Å²) in [6, 6.07) is 2.53. The number of amides is 1. The average Bonchev–Trinajstić information content (AvgIpc) is 3.15. The second kappa shape index (κ2) is 7.98. The maximum Gasteiger partial charge on any atom is 0.243 e. The molecule has 9 heteroatoms. The Hall–Kier alpha value is -1.58. The molecule has 1 aromatic carbocycles. The number of carbonyl (C=O) groups excluding carboxylic acids is 1. The molecular formula is C17H22F2N2O4S. The van der Waals surface area contributed by atoms with Gasteiger partial charge in [-0.05, 0) is 43.9 Å². The standard InChI is InChI=1S/C17H22F2N2O4S/c18-15-4-3-14(10-16(15)19)26(23,24)21-7-5-12(6-8-21)17(22)20-11-13-2-1-9-25-13/h3-4,10,12-13H,1-2,5-9,11H2,(H,20,22). The number of halogens is 2. The molecule has 0 spiro atoms. The van der Waals surface area contributed by atoms with Crippen molar-refractivity contribution in [2.24, 2.45) is 5.92 Å². The number of sulfonamides is 1. The van der Waals surface area contributed by atoms with Gasteiger partial charge in [-0.25, -0.2) is 17.2 Å². The van der Waals surface area contributed by atoms with E-state index < -0.39 is 21.7 Å². The molecule has 0 saturated carbocycles. The number of ether oxygens (including phenoxy) is 1. The molecule has 144 valence electrons. The number of piperidine rings is 1. The molecule has 1 atom stereocenters. The van der Waals surface area contributed by atoms with Gasteiger partial charge in [-0.3, -0.25) is 4.79 Å². The van der Waals surface area contributed by atoms with E-state index in [1.165, 1.54) is 4.31 Å². The summed E-state index contributed by atoms with van der Waals surface area (Å²) >= 11 is 0. The quantitative estimate of drug-likeness (QED) is 0.833. The van der Waals surface area contributed by atoms with Crippen molar-refractivity contribution in [3.05, 3.63) is 29.8 Å². The molecule has 1 unspecified atom stereocenters. The van der Waals surface area contributed by atoms with Crippen molar-refractivity contribution in [3.8, 4) is 0 Å². The fourth-order valence-corrected chi connectivity index (χ4v) is 4.79. The minimum atomic E-state index is -3.90. The number of carbonyl (C=O) groups is 1. The van der Waals surface area contributed by atoms with Crippen LogP contribution < -0.4 is 5.32 Å². The van der Waals surface area contributed by atoms with Crippen LogP contribution in [0.3, 0.4) is 0 Å². The van der Waals surface area contributed by atoms with Crippen LogP contribution >= 0.6 is 0 Å². The summed E-state index contributed by atoms with van der Waals surface area (Å²) in [6.45, 7) is 1.53. The van der Waals surface area contributed by atoms with Gasteiger partial charge in [0, 0.05) is 32.2 Å². The first kappa shape index (κ1) is 19.2. The summed E-state index contributed by atoms with van der Waals surface area (Å²) in [6.07, 6.45) is 2.78. The Labute approximate surface area is 151 Å². The van der Waals surface area contributed by atoms with Gasteiger partial charge in [0.15, 0.2) is 11.6 Å². The van der Waals surface area contributed by atoms with E-state index >= 15 is 0 Å². The zero-order valence-electron chi connectivity index (χ0n) is 14.3. The molecule has 2 heterocycles. The lowest BCUT2D eigenvalue weighted by Gasteiger charge is -2.30. The first-order chi connectivity index (χ1) is 12.4. The maximum absolute atomic E-state index is 13.3. The van der Waals surface area contributed by atoms with Crippen molar-refractivity contribution < 1.29 is 26.7 Å². The van der Waals surface area contributed by atoms with Crippen LogP contribution in [0.2, 0.25) is 0 Å². The minimum absolute atomic E-state index is 0.0628. The third kappa shape index (κ3) is 4.21. The highest BCUT2D eigenvalue weighted by Gasteiger charge is 2.32. The molecular weight excluding hydrogens is 366 g/mol. The summed E-state index contributed by atoms with van der Waals surface area (Å²) in [4.78, 5) is 12.0. The van der Waals surface area contributed by atoms with Crippen LogP contribution in [0, 0.1) is 17.6 Å². The normalized spacial score (nSPS) is 22.5. The van der Waals surface area contributed by atoms with Gasteiger partial charge in [-0.1, -0.05) is 0 Å². The van der Waals surface area contributed by atoms with Crippen molar-refractivity contribution in [3.63, 3.8) is 0 Å². The van der Waals surface area contributed by atoms with E-state index in [0.29, 0.717) is 25.5 Å². The minimum Gasteiger partial charge on any atom is -0.376 e. The van der Waals surface area contributed by atoms with Crippen molar-refractivity contribution >= 4 is 15.9 Å². The Morgan fingerprint density at radius 1 is 1.19 bits per heavy atom. The second-order valence-electron chi connectivity index (χ2n) is 6.63. The van der Waals surface area contributed by atoms with Crippen LogP contribution in [-0.2, 0) is 19.6 Å². The Kier molecular flexibility index (Phi) is 5.89. The van der Waals surface area contributed by atoms with Gasteiger partial charge in [0.1, 0.15) is 0 Å². The molecule has 6 nitrogen and oxygen atoms in total. The topological polar surface area (TPSA) is 75.7 Å². The molecule has 0 aliphatic carbocycles. The number of hydrogen-bond donors (Lipinski definition) is 1. The zero-order chi connectivity index (χ0) is 18.7. The van der Waals surface area contributed by atoms with E-state index in [0.717, 1.165) is 31.6 Å². The van der Waals surface area contributed by atoms with E-state index in [1.54, 1.807) is 0 Å². The first-order valence-corrected chi connectivity index (χ1v) is 10.2. The van der Waals surface area contributed by atoms with Crippen molar-refractivity contribution in [1.82, 2.24) is 9.62 Å². The number of rotatable bonds is 5. The van der Waals surface area contributed by atoms with Crippen molar-refractivity contribution in [1.29, 1.82) is 0 Å². The highest BCUT2D eigenvalue weighted by molar-refractivity contribution is 7.89. The van der Waals surface area contributed by atoms with Crippen LogP contribution in [0.1, 0.15) is 25.7 Å². The Bertz CT molecular complexity index is 758. The summed E-state index contributed by atoms with van der Waals surface area (Å²) in [5.74, 6) is -2.64. The summed E-state index contributed by atoms with van der Waals surface area (Å²) in [5, 5.41) is 2.87. The summed E-state index contributed by atoms with van der Waals surface area (Å²) in [7, 11) is -3.90. The Morgan fingerprint density at radius 2 is 1.92 bits per heavy atom. The largest absolute Gasteiger partial charge is 0.376 e. The predicted molar refractivity (Wildman–Crippen MR) is 89.8 cm³/mol. The van der Waals surface area contributed by atoms with Crippen LogP contribution in [0.15, 0.2) is 23.1 Å². The Morgan fingerprint density at radius 3 is 2.54 bits per heavy atom. The van der Waals surface area contributed by atoms with Gasteiger partial charge >= 0.3 is 0 Å². The first-order valence-electron chi connectivity index (χ1n) is 8.72. The molecule has 1 N–H and O–H groups in total. The monoisotopic (exact) mass is 388 g/mol. The predicted octanol–water partition coefficient (Wildman–Crippen LogP) is 1.66. The van der Waals surface area contributed by atoms with Gasteiger partial charge < -0.3 is 10.1 Å². The van der Waals surface area contributed by atoms with E-state index in [4.69, 9.17) is 4.74 Å². The lowest BCUT2D eigenvalue weighted by Crippen LogP contribution is -2.44. The fraction of sp³-hybridized carbons (Fsp3) is 0.588. The third-order valence-electron chi connectivity index (χ3n) is 4.88. The SMILES string of the molecule is O=C(NCC1CCCO1)C1CCN(S(=O)(=O)c2ccc(F)c(F)c2)CC1. The van der Waals surface area contributed by atoms with Gasteiger partial charge in [0.25, 0.3) is 0 Å². The fourth-order valence-electron chi connectivity index (χ4n) is 3.31. The van der Waals surface area contributed by atoms with Gasteiger partial charge in [-0.2, -0.15) is 4.31 Å². The van der Waals surface area contributed by atoms with Crippen LogP contribution in [-0.4, -0.2) is 51.0 Å². The highest BCUT2D eigenvalue weighted by atomic mass is 32.2. The lowest BCUT2D eigenvalue weighted by molar-refractivity contribution is -0.126. The summed E-state index contributed by atoms with van der Waals surface area (Å²) in [5.41, 5.74) is 0. The molecule has 2 aliphatic heterocycles. The highest BCUT2D eigenvalue weighted by Crippen LogP contribution is 2.25. The smallest absolute Gasteiger partial charge is 0.243 e. The second-order valence-corrected chi connectivity index (χ2v) is 8.57.